The summed E-state index contributed by atoms with van der Waals surface area (Å²) in [5.41, 5.74) is -0.146. The van der Waals surface area contributed by atoms with Crippen molar-refractivity contribution >= 4 is 23.6 Å². The van der Waals surface area contributed by atoms with E-state index in [9.17, 15) is 18.0 Å². The Bertz CT molecular complexity index is 890. The van der Waals surface area contributed by atoms with Crippen LogP contribution >= 0.6 is 11.8 Å². The summed E-state index contributed by atoms with van der Waals surface area (Å²) >= 11 is 1.39. The Morgan fingerprint density at radius 1 is 1.03 bits per heavy atom. The number of carbonyl (C=O) groups is 1. The van der Waals surface area contributed by atoms with Crippen LogP contribution in [0.5, 0.6) is 0 Å². The van der Waals surface area contributed by atoms with E-state index in [1.807, 2.05) is 0 Å². The van der Waals surface area contributed by atoms with E-state index in [0.29, 0.717) is 17.9 Å². The van der Waals surface area contributed by atoms with Crippen LogP contribution in [0.25, 0.3) is 0 Å². The molecule has 2 fully saturated rings. The number of carbonyl (C=O) groups excluding carboxylic acids is 1. The third kappa shape index (κ3) is 5.30. The first-order valence-corrected chi connectivity index (χ1v) is 11.3. The Balaban J connectivity index is 1.29. The van der Waals surface area contributed by atoms with Gasteiger partial charge in [-0.15, -0.1) is 11.8 Å². The highest BCUT2D eigenvalue weighted by molar-refractivity contribution is 8.00. The maximum atomic E-state index is 13.1. The van der Waals surface area contributed by atoms with E-state index < -0.39 is 11.7 Å². The first-order chi connectivity index (χ1) is 14.9. The van der Waals surface area contributed by atoms with Crippen molar-refractivity contribution in [2.45, 2.75) is 18.0 Å². The molecule has 1 aromatic carbocycles. The average molecular weight is 452 g/mol. The predicted molar refractivity (Wildman–Crippen MR) is 114 cm³/mol. The maximum absolute atomic E-state index is 13.1. The van der Waals surface area contributed by atoms with Gasteiger partial charge in [-0.2, -0.15) is 13.2 Å². The molecule has 0 spiro atoms. The molecular weight excluding hydrogens is 427 g/mol. The number of nitrogens with zero attached hydrogens (tertiary/aromatic N) is 5. The molecule has 166 valence electrons. The molecule has 0 N–H and O–H groups in total. The van der Waals surface area contributed by atoms with Crippen LogP contribution in [0.1, 0.15) is 22.9 Å². The molecular formula is C21H24F3N5OS. The van der Waals surface area contributed by atoms with E-state index in [1.54, 1.807) is 29.4 Å². The summed E-state index contributed by atoms with van der Waals surface area (Å²) in [7, 11) is 0. The normalized spacial score (nSPS) is 20.5. The van der Waals surface area contributed by atoms with Gasteiger partial charge in [0.25, 0.3) is 0 Å². The van der Waals surface area contributed by atoms with E-state index in [-0.39, 0.29) is 11.3 Å². The van der Waals surface area contributed by atoms with Crippen molar-refractivity contribution in [1.82, 2.24) is 19.8 Å². The van der Waals surface area contributed by atoms with Crippen molar-refractivity contribution < 1.29 is 18.0 Å². The molecule has 1 amide bonds. The van der Waals surface area contributed by atoms with Crippen LogP contribution in [0.3, 0.4) is 0 Å². The Kier molecular flexibility index (Phi) is 6.66. The minimum absolute atomic E-state index is 0.0153. The monoisotopic (exact) mass is 451 g/mol. The quantitative estimate of drug-likeness (QED) is 0.672. The fourth-order valence-electron chi connectivity index (χ4n) is 3.93. The number of amides is 1. The van der Waals surface area contributed by atoms with E-state index in [0.717, 1.165) is 57.2 Å². The second-order valence-electron chi connectivity index (χ2n) is 7.60. The smallest absolute Gasteiger partial charge is 0.338 e. The third-order valence-corrected chi connectivity index (χ3v) is 6.80. The van der Waals surface area contributed by atoms with Gasteiger partial charge in [0.2, 0.25) is 11.9 Å². The van der Waals surface area contributed by atoms with Crippen LogP contribution in [0.4, 0.5) is 19.1 Å². The number of piperazine rings is 1. The molecule has 10 heteroatoms. The van der Waals surface area contributed by atoms with Crippen LogP contribution < -0.4 is 4.90 Å². The molecule has 3 heterocycles. The molecule has 4 rings (SSSR count). The SMILES string of the molecule is O=C1CSC(c2cccc(C(F)(F)F)c2)N1CCCN1CCN(c2ncccn2)CC1. The van der Waals surface area contributed by atoms with Gasteiger partial charge in [-0.25, -0.2) is 9.97 Å². The minimum Gasteiger partial charge on any atom is -0.338 e. The molecule has 0 radical (unpaired) electrons. The topological polar surface area (TPSA) is 52.6 Å². The largest absolute Gasteiger partial charge is 0.416 e. The number of hydrogen-bond donors (Lipinski definition) is 0. The molecule has 6 nitrogen and oxygen atoms in total. The Hall–Kier alpha value is -2.33. The van der Waals surface area contributed by atoms with Crippen LogP contribution in [-0.2, 0) is 11.0 Å². The van der Waals surface area contributed by atoms with Crippen molar-refractivity contribution in [2.75, 3.05) is 49.9 Å². The number of aromatic nitrogens is 2. The standard InChI is InChI=1S/C21H24F3N5OS/c22-21(23,24)17-5-1-4-16(14-17)19-29(18(30)15-31-19)9-3-8-27-10-12-28(13-11-27)20-25-6-2-7-26-20/h1-2,4-7,14,19H,3,8-13,15H2. The Morgan fingerprint density at radius 3 is 2.48 bits per heavy atom. The molecule has 2 aliphatic rings. The van der Waals surface area contributed by atoms with Crippen molar-refractivity contribution in [3.05, 3.63) is 53.9 Å². The number of hydrogen-bond acceptors (Lipinski definition) is 6. The lowest BCUT2D eigenvalue weighted by atomic mass is 10.1. The second-order valence-corrected chi connectivity index (χ2v) is 8.67. The van der Waals surface area contributed by atoms with Gasteiger partial charge >= 0.3 is 6.18 Å². The van der Waals surface area contributed by atoms with E-state index in [2.05, 4.69) is 19.8 Å². The molecule has 0 bridgehead atoms. The molecule has 2 aliphatic heterocycles. The number of halogens is 3. The lowest BCUT2D eigenvalue weighted by Gasteiger charge is -2.35. The van der Waals surface area contributed by atoms with Crippen LogP contribution in [0.2, 0.25) is 0 Å². The zero-order valence-corrected chi connectivity index (χ0v) is 17.8. The van der Waals surface area contributed by atoms with E-state index in [1.165, 1.54) is 17.8 Å². The average Bonchev–Trinajstić information content (AvgIpc) is 3.15. The van der Waals surface area contributed by atoms with E-state index in [4.69, 9.17) is 0 Å². The molecule has 1 atom stereocenters. The van der Waals surface area contributed by atoms with Crippen molar-refractivity contribution in [3.63, 3.8) is 0 Å². The summed E-state index contributed by atoms with van der Waals surface area (Å²) in [4.78, 5) is 27.2. The van der Waals surface area contributed by atoms with Gasteiger partial charge < -0.3 is 9.80 Å². The summed E-state index contributed by atoms with van der Waals surface area (Å²) in [5.74, 6) is 1.03. The first-order valence-electron chi connectivity index (χ1n) is 10.2. The zero-order valence-electron chi connectivity index (χ0n) is 17.0. The molecule has 0 aliphatic carbocycles. The van der Waals surface area contributed by atoms with Crippen LogP contribution in [-0.4, -0.2) is 70.7 Å². The summed E-state index contributed by atoms with van der Waals surface area (Å²) in [5, 5.41) is -0.359. The fourth-order valence-corrected chi connectivity index (χ4v) is 5.14. The van der Waals surface area contributed by atoms with Crippen molar-refractivity contribution in [1.29, 1.82) is 0 Å². The van der Waals surface area contributed by atoms with Gasteiger partial charge in [-0.3, -0.25) is 9.69 Å². The molecule has 0 saturated carbocycles. The van der Waals surface area contributed by atoms with Crippen molar-refractivity contribution in [2.24, 2.45) is 0 Å². The van der Waals surface area contributed by atoms with E-state index >= 15 is 0 Å². The first kappa shape index (κ1) is 21.9. The lowest BCUT2D eigenvalue weighted by Crippen LogP contribution is -2.47. The number of anilines is 1. The third-order valence-electron chi connectivity index (χ3n) is 5.55. The number of thioether (sulfide) groups is 1. The van der Waals surface area contributed by atoms with Gasteiger partial charge in [0.1, 0.15) is 5.37 Å². The Labute approximate surface area is 183 Å². The van der Waals surface area contributed by atoms with Gasteiger partial charge in [0.15, 0.2) is 0 Å². The highest BCUT2D eigenvalue weighted by Crippen LogP contribution is 2.40. The molecule has 2 saturated heterocycles. The van der Waals surface area contributed by atoms with Gasteiger partial charge in [-0.05, 0) is 36.7 Å². The minimum atomic E-state index is -4.39. The van der Waals surface area contributed by atoms with Crippen LogP contribution in [0.15, 0.2) is 42.7 Å². The zero-order chi connectivity index (χ0) is 21.8. The highest BCUT2D eigenvalue weighted by Gasteiger charge is 2.35. The van der Waals surface area contributed by atoms with Crippen LogP contribution in [0, 0.1) is 0 Å². The fraction of sp³-hybridized carbons (Fsp3) is 0.476. The predicted octanol–water partition coefficient (Wildman–Crippen LogP) is 3.28. The van der Waals surface area contributed by atoms with Gasteiger partial charge in [0.05, 0.1) is 11.3 Å². The second kappa shape index (κ2) is 9.44. The summed E-state index contributed by atoms with van der Waals surface area (Å²) in [6.07, 6.45) is -0.133. The summed E-state index contributed by atoms with van der Waals surface area (Å²) in [6, 6.07) is 7.10. The number of benzene rings is 1. The number of alkyl halides is 3. The molecule has 31 heavy (non-hydrogen) atoms. The Morgan fingerprint density at radius 2 is 1.77 bits per heavy atom. The molecule has 2 aromatic rings. The summed E-state index contributed by atoms with van der Waals surface area (Å²) < 4.78 is 39.2. The van der Waals surface area contributed by atoms with Gasteiger partial charge in [-0.1, -0.05) is 12.1 Å². The number of rotatable bonds is 6. The molecule has 1 unspecified atom stereocenters. The lowest BCUT2D eigenvalue weighted by molar-refractivity contribution is -0.137. The molecule has 1 aromatic heterocycles. The summed E-state index contributed by atoms with van der Waals surface area (Å²) in [6.45, 7) is 4.84. The maximum Gasteiger partial charge on any atom is 0.416 e. The highest BCUT2D eigenvalue weighted by atomic mass is 32.2. The van der Waals surface area contributed by atoms with Crippen molar-refractivity contribution in [3.8, 4) is 0 Å². The van der Waals surface area contributed by atoms with Gasteiger partial charge in [0, 0.05) is 45.1 Å².